The van der Waals surface area contributed by atoms with Gasteiger partial charge in [0.25, 0.3) is 0 Å². The van der Waals surface area contributed by atoms with Crippen molar-refractivity contribution in [3.05, 3.63) is 108 Å². The molecule has 1 aliphatic carbocycles. The van der Waals surface area contributed by atoms with Crippen LogP contribution >= 0.6 is 35.3 Å². The second kappa shape index (κ2) is 8.06. The standard InChI is InChI=1S/C27H25NS3/c1-4-12-20(13-5-1)25-26(21-14-6-2-7-15-21,22-16-8-3-9-17-22)31-27(28-25)29-23-18-10-11-19-24(23)30-27/h1-9,12-17,23-24H,10-11,18-19H2. The molecule has 1 saturated carbocycles. The molecule has 3 aromatic carbocycles. The van der Waals surface area contributed by atoms with Gasteiger partial charge in [0, 0.05) is 10.5 Å². The summed E-state index contributed by atoms with van der Waals surface area (Å²) < 4.78 is -0.478. The Labute approximate surface area is 197 Å². The maximum atomic E-state index is 5.63. The first-order chi connectivity index (χ1) is 15.3. The third kappa shape index (κ3) is 3.39. The van der Waals surface area contributed by atoms with Gasteiger partial charge < -0.3 is 0 Å². The summed E-state index contributed by atoms with van der Waals surface area (Å²) in [5.41, 5.74) is 5.08. The van der Waals surface area contributed by atoms with Gasteiger partial charge in [0.15, 0.2) is 0 Å². The summed E-state index contributed by atoms with van der Waals surface area (Å²) in [6.07, 6.45) is 5.41. The molecule has 0 amide bonds. The van der Waals surface area contributed by atoms with Crippen LogP contribution in [0.2, 0.25) is 0 Å². The highest BCUT2D eigenvalue weighted by molar-refractivity contribution is 8.36. The summed E-state index contributed by atoms with van der Waals surface area (Å²) >= 11 is 6.33. The summed E-state index contributed by atoms with van der Waals surface area (Å²) in [5.74, 6) is 0. The first-order valence-corrected chi connectivity index (χ1v) is 13.7. The summed E-state index contributed by atoms with van der Waals surface area (Å²) in [4.78, 5) is 5.63. The molecule has 6 rings (SSSR count). The number of benzene rings is 3. The molecule has 31 heavy (non-hydrogen) atoms. The second-order valence-electron chi connectivity index (χ2n) is 8.46. The van der Waals surface area contributed by atoms with Gasteiger partial charge in [0.2, 0.25) is 3.54 Å². The summed E-state index contributed by atoms with van der Waals surface area (Å²) in [5, 5.41) is 1.46. The Kier molecular flexibility index (Phi) is 5.20. The first kappa shape index (κ1) is 20.0. The molecule has 2 aliphatic heterocycles. The van der Waals surface area contributed by atoms with E-state index in [2.05, 4.69) is 126 Å². The van der Waals surface area contributed by atoms with Crippen LogP contribution in [0.1, 0.15) is 42.4 Å². The van der Waals surface area contributed by atoms with Crippen LogP contribution in [0.3, 0.4) is 0 Å². The molecule has 0 N–H and O–H groups in total. The molecule has 3 aliphatic rings. The smallest absolute Gasteiger partial charge is 0.201 e. The Morgan fingerprint density at radius 2 is 1.13 bits per heavy atom. The molecule has 1 saturated heterocycles. The third-order valence-electron chi connectivity index (χ3n) is 6.51. The van der Waals surface area contributed by atoms with Crippen molar-refractivity contribution in [2.75, 3.05) is 0 Å². The highest BCUT2D eigenvalue weighted by Crippen LogP contribution is 2.71. The molecule has 4 heteroatoms. The minimum absolute atomic E-state index is 0.170. The number of thioether (sulfide) groups is 3. The van der Waals surface area contributed by atoms with Crippen LogP contribution in [-0.2, 0) is 4.75 Å². The Morgan fingerprint density at radius 1 is 0.645 bits per heavy atom. The monoisotopic (exact) mass is 459 g/mol. The van der Waals surface area contributed by atoms with E-state index < -0.39 is 0 Å². The van der Waals surface area contributed by atoms with Crippen molar-refractivity contribution in [3.8, 4) is 0 Å². The Hall–Kier alpha value is -1.62. The van der Waals surface area contributed by atoms with E-state index in [1.165, 1.54) is 48.1 Å². The maximum absolute atomic E-state index is 5.63. The lowest BCUT2D eigenvalue weighted by Crippen LogP contribution is -2.32. The van der Waals surface area contributed by atoms with E-state index in [4.69, 9.17) is 4.99 Å². The fourth-order valence-electron chi connectivity index (χ4n) is 5.09. The van der Waals surface area contributed by atoms with Crippen molar-refractivity contribution in [2.45, 2.75) is 44.5 Å². The van der Waals surface area contributed by atoms with Gasteiger partial charge in [-0.15, -0.1) is 23.5 Å². The molecule has 2 unspecified atom stereocenters. The number of hydrogen-bond donors (Lipinski definition) is 0. The molecule has 156 valence electrons. The normalized spacial score (nSPS) is 29.0. The first-order valence-electron chi connectivity index (χ1n) is 11.1. The van der Waals surface area contributed by atoms with Gasteiger partial charge >= 0.3 is 0 Å². The predicted molar refractivity (Wildman–Crippen MR) is 138 cm³/mol. The molecule has 3 aromatic rings. The minimum atomic E-state index is -0.308. The molecule has 2 heterocycles. The Morgan fingerprint density at radius 3 is 1.65 bits per heavy atom. The third-order valence-corrected chi connectivity index (χ3v) is 12.2. The van der Waals surface area contributed by atoms with E-state index in [1.54, 1.807) is 0 Å². The van der Waals surface area contributed by atoms with Crippen LogP contribution in [-0.4, -0.2) is 19.7 Å². The van der Waals surface area contributed by atoms with Gasteiger partial charge in [0.05, 0.1) is 5.71 Å². The quantitative estimate of drug-likeness (QED) is 0.401. The lowest BCUT2D eigenvalue weighted by atomic mass is 9.83. The molecule has 1 spiro atoms. The SMILES string of the molecule is c1ccc(C2=NC3(SC4CCCCC4S3)SC2(c2ccccc2)c2ccccc2)cc1. The summed E-state index contributed by atoms with van der Waals surface area (Å²) in [6, 6.07) is 32.9. The van der Waals surface area contributed by atoms with Crippen molar-refractivity contribution in [1.82, 2.24) is 0 Å². The predicted octanol–water partition coefficient (Wildman–Crippen LogP) is 7.57. The average Bonchev–Trinajstić information content (AvgIpc) is 3.38. The van der Waals surface area contributed by atoms with Crippen LogP contribution in [0.25, 0.3) is 0 Å². The highest BCUT2D eigenvalue weighted by atomic mass is 32.3. The van der Waals surface area contributed by atoms with Gasteiger partial charge in [0.1, 0.15) is 4.75 Å². The number of aliphatic imine (C=N–C) groups is 1. The van der Waals surface area contributed by atoms with Gasteiger partial charge in [-0.05, 0) is 29.5 Å². The molecular formula is C27H25NS3. The van der Waals surface area contributed by atoms with E-state index in [9.17, 15) is 0 Å². The molecule has 2 atom stereocenters. The molecule has 0 bridgehead atoms. The molecule has 1 nitrogen and oxygen atoms in total. The van der Waals surface area contributed by atoms with Gasteiger partial charge in [-0.1, -0.05) is 116 Å². The minimum Gasteiger partial charge on any atom is -0.248 e. The van der Waals surface area contributed by atoms with Gasteiger partial charge in [-0.3, -0.25) is 0 Å². The van der Waals surface area contributed by atoms with Crippen molar-refractivity contribution >= 4 is 41.0 Å². The van der Waals surface area contributed by atoms with Crippen LogP contribution in [0.5, 0.6) is 0 Å². The Balaban J connectivity index is 1.57. The summed E-state index contributed by atoms with van der Waals surface area (Å²) in [6.45, 7) is 0. The van der Waals surface area contributed by atoms with E-state index in [-0.39, 0.29) is 8.28 Å². The lowest BCUT2D eigenvalue weighted by Gasteiger charge is -2.33. The zero-order valence-electron chi connectivity index (χ0n) is 17.3. The van der Waals surface area contributed by atoms with Crippen LogP contribution in [0.15, 0.2) is 96.0 Å². The van der Waals surface area contributed by atoms with Crippen molar-refractivity contribution in [2.24, 2.45) is 4.99 Å². The van der Waals surface area contributed by atoms with Gasteiger partial charge in [-0.25, -0.2) is 4.99 Å². The average molecular weight is 460 g/mol. The van der Waals surface area contributed by atoms with Crippen LogP contribution in [0.4, 0.5) is 0 Å². The van der Waals surface area contributed by atoms with Crippen LogP contribution < -0.4 is 0 Å². The molecule has 2 fully saturated rings. The van der Waals surface area contributed by atoms with E-state index >= 15 is 0 Å². The topological polar surface area (TPSA) is 12.4 Å². The second-order valence-corrected chi connectivity index (χ2v) is 13.5. The van der Waals surface area contributed by atoms with E-state index in [0.29, 0.717) is 0 Å². The van der Waals surface area contributed by atoms with Crippen molar-refractivity contribution in [1.29, 1.82) is 0 Å². The number of rotatable bonds is 3. The number of hydrogen-bond acceptors (Lipinski definition) is 4. The fraction of sp³-hybridized carbons (Fsp3) is 0.296. The molecule has 0 radical (unpaired) electrons. The molecular weight excluding hydrogens is 435 g/mol. The zero-order chi connectivity index (χ0) is 20.7. The fourth-order valence-corrected chi connectivity index (χ4v) is 11.8. The van der Waals surface area contributed by atoms with Gasteiger partial charge in [-0.2, -0.15) is 0 Å². The van der Waals surface area contributed by atoms with Crippen molar-refractivity contribution < 1.29 is 0 Å². The lowest BCUT2D eigenvalue weighted by molar-refractivity contribution is 0.532. The van der Waals surface area contributed by atoms with E-state index in [0.717, 1.165) is 10.5 Å². The summed E-state index contributed by atoms with van der Waals surface area (Å²) in [7, 11) is 0. The van der Waals surface area contributed by atoms with E-state index in [1.807, 2.05) is 0 Å². The largest absolute Gasteiger partial charge is 0.248 e. The number of fused-ring (bicyclic) bond motifs is 1. The highest BCUT2D eigenvalue weighted by Gasteiger charge is 2.59. The maximum Gasteiger partial charge on any atom is 0.201 e. The number of nitrogens with zero attached hydrogens (tertiary/aromatic N) is 1. The molecule has 0 aromatic heterocycles. The van der Waals surface area contributed by atoms with Crippen LogP contribution in [0, 0.1) is 0 Å². The van der Waals surface area contributed by atoms with Crippen molar-refractivity contribution in [3.63, 3.8) is 0 Å². The Bertz CT molecular complexity index is 1030. The zero-order valence-corrected chi connectivity index (χ0v) is 19.8.